The van der Waals surface area contributed by atoms with E-state index in [0.717, 1.165) is 0 Å². The van der Waals surface area contributed by atoms with Crippen LogP contribution in [0.1, 0.15) is 0 Å². The summed E-state index contributed by atoms with van der Waals surface area (Å²) in [6.45, 7) is 0. The van der Waals surface area contributed by atoms with Crippen LogP contribution in [0.2, 0.25) is 0 Å². The van der Waals surface area contributed by atoms with E-state index >= 15 is 0 Å². The molecule has 1 nitrogen and oxygen atoms in total. The van der Waals surface area contributed by atoms with Crippen LogP contribution in [0.15, 0.2) is 0 Å². The Morgan fingerprint density at radius 3 is 1.25 bits per heavy atom. The average Bonchev–Trinajstić information content (AvgIpc) is 1.00. The van der Waals surface area contributed by atoms with Gasteiger partial charge in [-0.3, -0.25) is 0 Å². The Kier molecular flexibility index (Phi) is 281. The molecule has 0 spiro atoms. The van der Waals surface area contributed by atoms with Crippen LogP contribution in [-0.4, -0.2) is 7.05 Å². The van der Waals surface area contributed by atoms with E-state index in [1.807, 2.05) is 0 Å². The molecule has 0 saturated carbocycles. The molecule has 0 aliphatic carbocycles. The third-order valence-electron chi connectivity index (χ3n) is 0. The fraction of sp³-hybridized carbons (Fsp3) is 1.00. The Balaban J connectivity index is -0.00000000500. The van der Waals surface area contributed by atoms with Crippen LogP contribution in [0.3, 0.4) is 0 Å². The molecule has 0 aliphatic rings. The van der Waals surface area contributed by atoms with Crippen LogP contribution in [0, 0.1) is 0 Å². The molecule has 0 fully saturated rings. The SMILES string of the molecule is CN.P.S. The highest BCUT2D eigenvalue weighted by Crippen LogP contribution is 0.861. The van der Waals surface area contributed by atoms with Gasteiger partial charge in [-0.05, 0) is 7.05 Å². The van der Waals surface area contributed by atoms with Crippen LogP contribution in [0.4, 0.5) is 0 Å². The zero-order chi connectivity index (χ0) is 2.00. The van der Waals surface area contributed by atoms with Crippen LogP contribution >= 0.6 is 23.4 Å². The molecule has 0 aromatic carbocycles. The summed E-state index contributed by atoms with van der Waals surface area (Å²) in [6, 6.07) is 0. The van der Waals surface area contributed by atoms with Crippen LogP contribution in [0.25, 0.3) is 0 Å². The van der Waals surface area contributed by atoms with Gasteiger partial charge in [0.15, 0.2) is 0 Å². The van der Waals surface area contributed by atoms with Gasteiger partial charge in [0.2, 0.25) is 0 Å². The molecule has 3 heteroatoms. The van der Waals surface area contributed by atoms with Gasteiger partial charge in [0.05, 0.1) is 0 Å². The highest BCUT2D eigenvalue weighted by atomic mass is 32.1. The zero-order valence-electron chi connectivity index (χ0n) is 2.78. The second-order valence-electron chi connectivity index (χ2n) is 0. The summed E-state index contributed by atoms with van der Waals surface area (Å²) >= 11 is 0. The predicted molar refractivity (Wildman–Crippen MR) is 31.6 cm³/mol. The van der Waals surface area contributed by atoms with Crippen molar-refractivity contribution in [1.82, 2.24) is 0 Å². The van der Waals surface area contributed by atoms with Crippen molar-refractivity contribution >= 4 is 23.4 Å². The molecule has 0 radical (unpaired) electrons. The number of hydrogen-bond acceptors (Lipinski definition) is 1. The Labute approximate surface area is 37.0 Å². The number of rotatable bonds is 0. The first-order chi connectivity index (χ1) is 1.00. The van der Waals surface area contributed by atoms with E-state index in [-0.39, 0.29) is 23.4 Å². The van der Waals surface area contributed by atoms with E-state index in [9.17, 15) is 0 Å². The normalized spacial score (nSPS) is 1.50. The van der Waals surface area contributed by atoms with Gasteiger partial charge in [-0.2, -0.15) is 23.4 Å². The molecule has 30 valence electrons. The molecule has 0 aliphatic heterocycles. The van der Waals surface area contributed by atoms with E-state index in [1.54, 1.807) is 0 Å². The van der Waals surface area contributed by atoms with E-state index in [0.29, 0.717) is 0 Å². The molecular weight excluding hydrogens is 89.1 g/mol. The number of nitrogens with two attached hydrogens (primary N) is 1. The van der Waals surface area contributed by atoms with Gasteiger partial charge in [0, 0.05) is 0 Å². The topological polar surface area (TPSA) is 26.0 Å². The Morgan fingerprint density at radius 2 is 1.25 bits per heavy atom. The summed E-state index contributed by atoms with van der Waals surface area (Å²) in [5, 5.41) is 0. The molecule has 2 N–H and O–H groups in total. The lowest BCUT2D eigenvalue weighted by Crippen LogP contribution is -1.69. The lowest BCUT2D eigenvalue weighted by atomic mass is 11.6. The van der Waals surface area contributed by atoms with Gasteiger partial charge < -0.3 is 5.73 Å². The molecule has 0 saturated heterocycles. The molecule has 1 atom stereocenters. The van der Waals surface area contributed by atoms with Gasteiger partial charge in [-0.25, -0.2) is 0 Å². The van der Waals surface area contributed by atoms with Crippen LogP contribution in [0.5, 0.6) is 0 Å². The molecule has 0 aromatic rings. The minimum Gasteiger partial charge on any atom is -0.333 e. The van der Waals surface area contributed by atoms with Crippen LogP contribution < -0.4 is 5.73 Å². The second-order valence-corrected chi connectivity index (χ2v) is 0. The van der Waals surface area contributed by atoms with Crippen molar-refractivity contribution in [2.45, 2.75) is 0 Å². The van der Waals surface area contributed by atoms with Gasteiger partial charge in [-0.15, -0.1) is 0 Å². The van der Waals surface area contributed by atoms with Crippen molar-refractivity contribution in [3.05, 3.63) is 0 Å². The van der Waals surface area contributed by atoms with Crippen molar-refractivity contribution in [2.75, 3.05) is 7.05 Å². The lowest BCUT2D eigenvalue weighted by Gasteiger charge is -1.19. The van der Waals surface area contributed by atoms with Gasteiger partial charge in [0.1, 0.15) is 0 Å². The Bertz CT molecular complexity index is 8.00. The van der Waals surface area contributed by atoms with Crippen LogP contribution in [-0.2, 0) is 0 Å². The van der Waals surface area contributed by atoms with Gasteiger partial charge in [0.25, 0.3) is 0 Å². The maximum atomic E-state index is 4.50. The van der Waals surface area contributed by atoms with E-state index in [2.05, 4.69) is 5.73 Å². The zero-order valence-corrected chi connectivity index (χ0v) is 5.20. The summed E-state index contributed by atoms with van der Waals surface area (Å²) in [6.07, 6.45) is 0. The van der Waals surface area contributed by atoms with E-state index in [4.69, 9.17) is 0 Å². The Morgan fingerprint density at radius 1 is 1.25 bits per heavy atom. The summed E-state index contributed by atoms with van der Waals surface area (Å²) < 4.78 is 0. The Hall–Kier alpha value is 0.740. The molecular formula is CH10NPS. The maximum Gasteiger partial charge on any atom is -0.0195 e. The molecule has 0 bridgehead atoms. The second kappa shape index (κ2) is 51.3. The first-order valence-corrected chi connectivity index (χ1v) is 0.577. The number of hydrogen-bond donors (Lipinski definition) is 1. The lowest BCUT2D eigenvalue weighted by molar-refractivity contribution is 1.48. The summed E-state index contributed by atoms with van der Waals surface area (Å²) in [4.78, 5) is 0. The largest absolute Gasteiger partial charge is 0.333 e. The minimum absolute atomic E-state index is 0. The van der Waals surface area contributed by atoms with Crippen molar-refractivity contribution in [2.24, 2.45) is 5.73 Å². The average molecular weight is 99.1 g/mol. The summed E-state index contributed by atoms with van der Waals surface area (Å²) in [7, 11) is 1.50. The monoisotopic (exact) mass is 99.0 g/mol. The molecule has 0 heterocycles. The molecule has 0 aromatic heterocycles. The quantitative estimate of drug-likeness (QED) is 0.416. The first-order valence-electron chi connectivity index (χ1n) is 0.577. The van der Waals surface area contributed by atoms with E-state index in [1.165, 1.54) is 7.05 Å². The molecule has 0 rings (SSSR count). The standard InChI is InChI=1S/CH5N.H3P.H2S/c1-2;;/h2H2,1H3;1H3;1H2. The van der Waals surface area contributed by atoms with Gasteiger partial charge in [-0.1, -0.05) is 0 Å². The third-order valence-corrected chi connectivity index (χ3v) is 0. The van der Waals surface area contributed by atoms with E-state index < -0.39 is 0 Å². The van der Waals surface area contributed by atoms with Gasteiger partial charge >= 0.3 is 0 Å². The van der Waals surface area contributed by atoms with Crippen molar-refractivity contribution in [3.63, 3.8) is 0 Å². The third kappa shape index (κ3) is 15.1. The van der Waals surface area contributed by atoms with Crippen molar-refractivity contribution < 1.29 is 0 Å². The fourth-order valence-corrected chi connectivity index (χ4v) is 0. The molecule has 0 amide bonds. The molecule has 4 heavy (non-hydrogen) atoms. The first kappa shape index (κ1) is 21.9. The highest BCUT2D eigenvalue weighted by molar-refractivity contribution is 7.59. The smallest absolute Gasteiger partial charge is 0.0195 e. The highest BCUT2D eigenvalue weighted by Gasteiger charge is 0.836. The summed E-state index contributed by atoms with van der Waals surface area (Å²) in [5.41, 5.74) is 4.50. The maximum absolute atomic E-state index is 4.50. The van der Waals surface area contributed by atoms with Crippen molar-refractivity contribution in [3.8, 4) is 0 Å². The molecule has 1 unspecified atom stereocenters. The predicted octanol–water partition coefficient (Wildman–Crippen LogP) is -0.254. The fourth-order valence-electron chi connectivity index (χ4n) is 0. The summed E-state index contributed by atoms with van der Waals surface area (Å²) in [5.74, 6) is 0. The van der Waals surface area contributed by atoms with Crippen molar-refractivity contribution in [1.29, 1.82) is 0 Å². The minimum atomic E-state index is 0.